The van der Waals surface area contributed by atoms with Gasteiger partial charge in [0.05, 0.1) is 6.20 Å². The molecule has 0 bridgehead atoms. The minimum Gasteiger partial charge on any atom is -0.332 e. The molecule has 0 saturated carbocycles. The van der Waals surface area contributed by atoms with Crippen LogP contribution in [0.1, 0.15) is 32.0 Å². The average molecular weight is 299 g/mol. The van der Waals surface area contributed by atoms with Gasteiger partial charge in [0.15, 0.2) is 5.03 Å². The molecule has 0 aliphatic rings. The van der Waals surface area contributed by atoms with E-state index in [9.17, 15) is 21.6 Å². The van der Waals surface area contributed by atoms with Gasteiger partial charge in [0.2, 0.25) is 0 Å². The molecule has 5 nitrogen and oxygen atoms in total. The molecule has 0 radical (unpaired) electrons. The lowest BCUT2D eigenvalue weighted by molar-refractivity contribution is -0.135. The van der Waals surface area contributed by atoms with Crippen molar-refractivity contribution in [1.82, 2.24) is 14.7 Å². The third-order valence-electron chi connectivity index (χ3n) is 2.41. The number of alkyl halides is 3. The summed E-state index contributed by atoms with van der Waals surface area (Å²) in [6.45, 7) is 1.79. The number of H-pyrrole nitrogens is 1. The van der Waals surface area contributed by atoms with Crippen molar-refractivity contribution in [2.24, 2.45) is 0 Å². The maximum absolute atomic E-state index is 11.9. The first-order valence-electron chi connectivity index (χ1n) is 5.85. The van der Waals surface area contributed by atoms with Crippen LogP contribution in [0.3, 0.4) is 0 Å². The van der Waals surface area contributed by atoms with Gasteiger partial charge in [0.25, 0.3) is 10.0 Å². The molecule has 0 saturated heterocycles. The van der Waals surface area contributed by atoms with Crippen LogP contribution in [0.15, 0.2) is 11.2 Å². The Labute approximate surface area is 109 Å². The smallest absolute Gasteiger partial charge is 0.332 e. The highest BCUT2D eigenvalue weighted by Gasteiger charge is 2.26. The molecule has 1 rings (SSSR count). The van der Waals surface area contributed by atoms with Crippen LogP contribution in [0.5, 0.6) is 0 Å². The number of rotatable bonds is 7. The Morgan fingerprint density at radius 1 is 1.37 bits per heavy atom. The summed E-state index contributed by atoms with van der Waals surface area (Å²) in [5.41, 5.74) is 0. The fraction of sp³-hybridized carbons (Fsp3) is 0.700. The fourth-order valence-corrected chi connectivity index (χ4v) is 2.41. The zero-order valence-electron chi connectivity index (χ0n) is 10.4. The van der Waals surface area contributed by atoms with E-state index in [1.54, 1.807) is 0 Å². The highest BCUT2D eigenvalue weighted by atomic mass is 32.2. The zero-order chi connectivity index (χ0) is 14.5. The zero-order valence-corrected chi connectivity index (χ0v) is 11.2. The van der Waals surface area contributed by atoms with E-state index in [-0.39, 0.29) is 24.4 Å². The summed E-state index contributed by atoms with van der Waals surface area (Å²) in [4.78, 5) is 6.48. The van der Waals surface area contributed by atoms with Crippen molar-refractivity contribution in [3.05, 3.63) is 12.0 Å². The van der Waals surface area contributed by atoms with E-state index in [0.717, 1.165) is 0 Å². The number of nitrogens with one attached hydrogen (secondary N) is 2. The van der Waals surface area contributed by atoms with Gasteiger partial charge in [-0.3, -0.25) is 0 Å². The minimum atomic E-state index is -4.20. The third kappa shape index (κ3) is 5.60. The van der Waals surface area contributed by atoms with Gasteiger partial charge in [0, 0.05) is 19.4 Å². The molecule has 1 aromatic heterocycles. The van der Waals surface area contributed by atoms with Gasteiger partial charge in [-0.25, -0.2) is 18.1 Å². The first-order valence-corrected chi connectivity index (χ1v) is 7.33. The van der Waals surface area contributed by atoms with Crippen molar-refractivity contribution < 1.29 is 21.6 Å². The van der Waals surface area contributed by atoms with E-state index in [4.69, 9.17) is 0 Å². The summed E-state index contributed by atoms with van der Waals surface area (Å²) >= 11 is 0. The Balaban J connectivity index is 2.39. The van der Waals surface area contributed by atoms with Crippen LogP contribution in [-0.4, -0.2) is 31.1 Å². The number of hydrogen-bond donors (Lipinski definition) is 2. The van der Waals surface area contributed by atoms with E-state index in [0.29, 0.717) is 12.2 Å². The van der Waals surface area contributed by atoms with E-state index in [1.165, 1.54) is 6.20 Å². The van der Waals surface area contributed by atoms with Gasteiger partial charge in [-0.2, -0.15) is 13.2 Å². The molecular formula is C10H16F3N3O2S. The predicted molar refractivity (Wildman–Crippen MR) is 63.1 cm³/mol. The minimum absolute atomic E-state index is 0.0289. The summed E-state index contributed by atoms with van der Waals surface area (Å²) in [6, 6.07) is 0. The second-order valence-electron chi connectivity index (χ2n) is 4.02. The number of imidazole rings is 1. The largest absolute Gasteiger partial charge is 0.389 e. The molecule has 0 aliphatic carbocycles. The van der Waals surface area contributed by atoms with Crippen LogP contribution in [0.25, 0.3) is 0 Å². The molecule has 0 spiro atoms. The van der Waals surface area contributed by atoms with Crippen molar-refractivity contribution in [2.75, 3.05) is 6.54 Å². The van der Waals surface area contributed by atoms with E-state index in [1.807, 2.05) is 6.92 Å². The molecule has 1 heterocycles. The predicted octanol–water partition coefficient (Wildman–Crippen LogP) is 1.98. The van der Waals surface area contributed by atoms with Crippen molar-refractivity contribution >= 4 is 10.0 Å². The van der Waals surface area contributed by atoms with E-state index < -0.39 is 22.6 Å². The van der Waals surface area contributed by atoms with Crippen molar-refractivity contribution in [1.29, 1.82) is 0 Å². The second-order valence-corrected chi connectivity index (χ2v) is 5.75. The van der Waals surface area contributed by atoms with Crippen LogP contribution in [0.2, 0.25) is 0 Å². The average Bonchev–Trinajstić information content (AvgIpc) is 2.76. The van der Waals surface area contributed by atoms with E-state index >= 15 is 0 Å². The van der Waals surface area contributed by atoms with Gasteiger partial charge >= 0.3 is 6.18 Å². The van der Waals surface area contributed by atoms with Crippen molar-refractivity contribution in [3.8, 4) is 0 Å². The normalized spacial score (nSPS) is 12.8. The van der Waals surface area contributed by atoms with Crippen molar-refractivity contribution in [3.63, 3.8) is 0 Å². The first kappa shape index (κ1) is 16.0. The van der Waals surface area contributed by atoms with Crippen LogP contribution in [0, 0.1) is 0 Å². The third-order valence-corrected chi connectivity index (χ3v) is 3.78. The Morgan fingerprint density at radius 3 is 2.58 bits per heavy atom. The van der Waals surface area contributed by atoms with Crippen LogP contribution in [-0.2, 0) is 16.4 Å². The quantitative estimate of drug-likeness (QED) is 0.756. The van der Waals surface area contributed by atoms with Gasteiger partial charge < -0.3 is 4.98 Å². The molecule has 19 heavy (non-hydrogen) atoms. The summed E-state index contributed by atoms with van der Waals surface area (Å²) in [5, 5.41) is -0.0693. The first-order chi connectivity index (χ1) is 8.74. The Hall–Kier alpha value is -1.09. The fourth-order valence-electron chi connectivity index (χ4n) is 1.39. The number of sulfonamides is 1. The molecule has 2 N–H and O–H groups in total. The lowest BCUT2D eigenvalue weighted by Gasteiger charge is -2.06. The molecule has 0 atom stereocenters. The number of unbranched alkanes of at least 4 members (excludes halogenated alkanes) is 1. The van der Waals surface area contributed by atoms with Gasteiger partial charge in [-0.1, -0.05) is 6.92 Å². The standard InChI is InChI=1S/C10H16F3N3O2S/c1-2-8-14-7-9(16-8)19(17,18)15-6-4-3-5-10(11,12)13/h7,15H,2-6H2,1H3,(H,14,16). The molecular weight excluding hydrogens is 283 g/mol. The lowest BCUT2D eigenvalue weighted by atomic mass is 10.2. The topological polar surface area (TPSA) is 74.8 Å². The maximum Gasteiger partial charge on any atom is 0.389 e. The highest BCUT2D eigenvalue weighted by Crippen LogP contribution is 2.21. The van der Waals surface area contributed by atoms with Gasteiger partial charge in [-0.15, -0.1) is 0 Å². The van der Waals surface area contributed by atoms with E-state index in [2.05, 4.69) is 14.7 Å². The summed E-state index contributed by atoms with van der Waals surface area (Å²) in [5.74, 6) is 0.539. The Morgan fingerprint density at radius 2 is 2.05 bits per heavy atom. The Bertz CT molecular complexity index is 496. The van der Waals surface area contributed by atoms with Crippen molar-refractivity contribution in [2.45, 2.75) is 43.8 Å². The SMILES string of the molecule is CCc1ncc(S(=O)(=O)NCCCCC(F)(F)F)[nH]1. The number of aromatic amines is 1. The number of nitrogens with zero attached hydrogens (tertiary/aromatic N) is 1. The highest BCUT2D eigenvalue weighted by molar-refractivity contribution is 7.89. The van der Waals surface area contributed by atoms with Gasteiger partial charge in [-0.05, 0) is 12.8 Å². The molecule has 0 amide bonds. The number of aryl methyl sites for hydroxylation is 1. The monoisotopic (exact) mass is 299 g/mol. The molecule has 0 aliphatic heterocycles. The summed E-state index contributed by atoms with van der Waals surface area (Å²) < 4.78 is 61.3. The summed E-state index contributed by atoms with van der Waals surface area (Å²) in [7, 11) is -3.71. The maximum atomic E-state index is 11.9. The molecule has 1 aromatic rings. The second kappa shape index (κ2) is 6.38. The van der Waals surface area contributed by atoms with Crippen LogP contribution in [0.4, 0.5) is 13.2 Å². The number of aromatic nitrogens is 2. The molecule has 110 valence electrons. The molecule has 0 unspecified atom stereocenters. The number of halogens is 3. The van der Waals surface area contributed by atoms with Crippen LogP contribution < -0.4 is 4.72 Å². The number of hydrogen-bond acceptors (Lipinski definition) is 3. The van der Waals surface area contributed by atoms with Gasteiger partial charge in [0.1, 0.15) is 5.82 Å². The lowest BCUT2D eigenvalue weighted by Crippen LogP contribution is -2.25. The van der Waals surface area contributed by atoms with Crippen LogP contribution >= 0.6 is 0 Å². The Kier molecular flexibility index (Phi) is 5.36. The molecule has 0 aromatic carbocycles. The molecule has 9 heteroatoms. The summed E-state index contributed by atoms with van der Waals surface area (Å²) in [6.07, 6.45) is -3.31. The molecule has 0 fully saturated rings.